The third-order valence-electron chi connectivity index (χ3n) is 2.13. The summed E-state index contributed by atoms with van der Waals surface area (Å²) >= 11 is 0. The summed E-state index contributed by atoms with van der Waals surface area (Å²) in [5.74, 6) is -1.73. The number of carbonyl (C=O) groups excluding carboxylic acids is 1. The monoisotopic (exact) mass is 232 g/mol. The van der Waals surface area contributed by atoms with Gasteiger partial charge in [-0.3, -0.25) is 4.79 Å². The Balaban J connectivity index is 0.00000169. The van der Waals surface area contributed by atoms with Crippen LogP contribution in [0.25, 0.3) is 0 Å². The second kappa shape index (κ2) is 4.84. The Kier molecular flexibility index (Phi) is 4.67. The molecule has 0 spiro atoms. The molecule has 0 aliphatic carbocycles. The molecule has 1 saturated heterocycles. The molecule has 1 heterocycles. The first kappa shape index (κ1) is 13.5. The number of alkyl halides is 3. The SMILES string of the molecule is CNC1CCN(C(=O)C(F)(F)F)C1.Cl. The number of carbonyl (C=O) groups is 1. The molecule has 14 heavy (non-hydrogen) atoms. The molecule has 84 valence electrons. The number of nitrogens with zero attached hydrogens (tertiary/aromatic N) is 1. The molecule has 0 aromatic heterocycles. The van der Waals surface area contributed by atoms with Gasteiger partial charge in [-0.25, -0.2) is 0 Å². The fourth-order valence-corrected chi connectivity index (χ4v) is 1.36. The van der Waals surface area contributed by atoms with Crippen molar-refractivity contribution in [1.82, 2.24) is 10.2 Å². The second-order valence-corrected chi connectivity index (χ2v) is 3.02. The zero-order valence-corrected chi connectivity index (χ0v) is 8.41. The summed E-state index contributed by atoms with van der Waals surface area (Å²) < 4.78 is 35.8. The second-order valence-electron chi connectivity index (χ2n) is 3.02. The highest BCUT2D eigenvalue weighted by atomic mass is 35.5. The van der Waals surface area contributed by atoms with Crippen LogP contribution in [0.3, 0.4) is 0 Å². The molecule has 1 N–H and O–H groups in total. The molecule has 1 fully saturated rings. The molecule has 1 rings (SSSR count). The van der Waals surface area contributed by atoms with E-state index in [1.807, 2.05) is 0 Å². The lowest BCUT2D eigenvalue weighted by atomic mass is 10.3. The molecule has 1 atom stereocenters. The number of amides is 1. The van der Waals surface area contributed by atoms with Crippen molar-refractivity contribution in [2.45, 2.75) is 18.6 Å². The topological polar surface area (TPSA) is 32.3 Å². The standard InChI is InChI=1S/C7H11F3N2O.ClH/c1-11-5-2-3-12(4-5)6(13)7(8,9)10;/h5,11H,2-4H2,1H3;1H. The Bertz CT molecular complexity index is 210. The van der Waals surface area contributed by atoms with Gasteiger partial charge in [-0.15, -0.1) is 12.4 Å². The number of likely N-dealkylation sites (N-methyl/N-ethyl adjacent to an activating group) is 1. The maximum absolute atomic E-state index is 11.9. The third-order valence-corrected chi connectivity index (χ3v) is 2.13. The summed E-state index contributed by atoms with van der Waals surface area (Å²) in [7, 11) is 1.67. The Labute approximate surface area is 86.0 Å². The van der Waals surface area contributed by atoms with E-state index in [4.69, 9.17) is 0 Å². The van der Waals surface area contributed by atoms with Crippen LogP contribution < -0.4 is 5.32 Å². The first-order valence-electron chi connectivity index (χ1n) is 3.98. The normalized spacial score (nSPS) is 22.0. The van der Waals surface area contributed by atoms with Gasteiger partial charge in [0.05, 0.1) is 0 Å². The average molecular weight is 233 g/mol. The minimum absolute atomic E-state index is 0. The summed E-state index contributed by atoms with van der Waals surface area (Å²) in [4.78, 5) is 11.5. The van der Waals surface area contributed by atoms with Crippen LogP contribution in [0.1, 0.15) is 6.42 Å². The average Bonchev–Trinajstić information content (AvgIpc) is 2.48. The molecule has 1 amide bonds. The van der Waals surface area contributed by atoms with Crippen LogP contribution >= 0.6 is 12.4 Å². The van der Waals surface area contributed by atoms with E-state index in [0.717, 1.165) is 4.90 Å². The number of hydrogen-bond donors (Lipinski definition) is 1. The summed E-state index contributed by atoms with van der Waals surface area (Å²) in [6, 6.07) is -0.00806. The quantitative estimate of drug-likeness (QED) is 0.725. The van der Waals surface area contributed by atoms with Gasteiger partial charge in [0.15, 0.2) is 0 Å². The van der Waals surface area contributed by atoms with Gasteiger partial charge >= 0.3 is 12.1 Å². The summed E-state index contributed by atoms with van der Waals surface area (Å²) in [6.07, 6.45) is -4.15. The van der Waals surface area contributed by atoms with E-state index >= 15 is 0 Å². The maximum Gasteiger partial charge on any atom is 0.471 e. The Morgan fingerprint density at radius 1 is 1.50 bits per heavy atom. The van der Waals surface area contributed by atoms with Gasteiger partial charge in [0.25, 0.3) is 0 Å². The van der Waals surface area contributed by atoms with Crippen molar-refractivity contribution in [2.75, 3.05) is 20.1 Å². The highest BCUT2D eigenvalue weighted by molar-refractivity contribution is 5.85. The van der Waals surface area contributed by atoms with Crippen LogP contribution in [0.5, 0.6) is 0 Å². The van der Waals surface area contributed by atoms with E-state index in [1.54, 1.807) is 7.05 Å². The predicted molar refractivity (Wildman–Crippen MR) is 47.3 cm³/mol. The van der Waals surface area contributed by atoms with E-state index in [-0.39, 0.29) is 31.5 Å². The largest absolute Gasteiger partial charge is 0.471 e. The Hall–Kier alpha value is -0.490. The highest BCUT2D eigenvalue weighted by Gasteiger charge is 2.44. The molecule has 3 nitrogen and oxygen atoms in total. The molecule has 0 radical (unpaired) electrons. The fourth-order valence-electron chi connectivity index (χ4n) is 1.36. The van der Waals surface area contributed by atoms with Gasteiger partial charge in [0, 0.05) is 19.1 Å². The molecule has 0 aromatic carbocycles. The smallest absolute Gasteiger partial charge is 0.333 e. The van der Waals surface area contributed by atoms with Crippen molar-refractivity contribution in [3.05, 3.63) is 0 Å². The number of hydrogen-bond acceptors (Lipinski definition) is 2. The minimum Gasteiger partial charge on any atom is -0.333 e. The molecular formula is C7H12ClF3N2O. The number of halogens is 4. The van der Waals surface area contributed by atoms with Crippen molar-refractivity contribution in [3.63, 3.8) is 0 Å². The van der Waals surface area contributed by atoms with Gasteiger partial charge in [-0.2, -0.15) is 13.2 Å². The molecule has 1 aliphatic heterocycles. The van der Waals surface area contributed by atoms with Crippen LogP contribution in [0.4, 0.5) is 13.2 Å². The van der Waals surface area contributed by atoms with Gasteiger partial charge in [-0.1, -0.05) is 0 Å². The van der Waals surface area contributed by atoms with Crippen LogP contribution in [0.15, 0.2) is 0 Å². The summed E-state index contributed by atoms with van der Waals surface area (Å²) in [6.45, 7) is 0.332. The minimum atomic E-state index is -4.73. The molecule has 7 heteroatoms. The van der Waals surface area contributed by atoms with E-state index < -0.39 is 12.1 Å². The first-order chi connectivity index (χ1) is 5.95. The first-order valence-corrected chi connectivity index (χ1v) is 3.98. The highest BCUT2D eigenvalue weighted by Crippen LogP contribution is 2.21. The predicted octanol–water partition coefficient (Wildman–Crippen LogP) is 0.791. The van der Waals surface area contributed by atoms with Crippen molar-refractivity contribution in [3.8, 4) is 0 Å². The van der Waals surface area contributed by atoms with Gasteiger partial charge in [-0.05, 0) is 13.5 Å². The van der Waals surface area contributed by atoms with Crippen LogP contribution in [0.2, 0.25) is 0 Å². The van der Waals surface area contributed by atoms with Gasteiger partial charge < -0.3 is 10.2 Å². The Morgan fingerprint density at radius 2 is 2.07 bits per heavy atom. The fraction of sp³-hybridized carbons (Fsp3) is 0.857. The molecule has 1 unspecified atom stereocenters. The number of likely N-dealkylation sites (tertiary alicyclic amines) is 1. The van der Waals surface area contributed by atoms with Crippen LogP contribution in [-0.4, -0.2) is 43.2 Å². The summed E-state index contributed by atoms with van der Waals surface area (Å²) in [5, 5.41) is 2.84. The van der Waals surface area contributed by atoms with E-state index in [1.165, 1.54) is 0 Å². The van der Waals surface area contributed by atoms with Gasteiger partial charge in [0.1, 0.15) is 0 Å². The van der Waals surface area contributed by atoms with Crippen LogP contribution in [-0.2, 0) is 4.79 Å². The van der Waals surface area contributed by atoms with E-state index in [0.29, 0.717) is 6.42 Å². The number of rotatable bonds is 1. The lowest BCUT2D eigenvalue weighted by molar-refractivity contribution is -0.184. The van der Waals surface area contributed by atoms with Crippen molar-refractivity contribution >= 4 is 18.3 Å². The van der Waals surface area contributed by atoms with E-state index in [2.05, 4.69) is 5.32 Å². The van der Waals surface area contributed by atoms with Crippen molar-refractivity contribution < 1.29 is 18.0 Å². The zero-order valence-electron chi connectivity index (χ0n) is 7.60. The molecule has 0 saturated carbocycles. The maximum atomic E-state index is 11.9. The van der Waals surface area contributed by atoms with Crippen molar-refractivity contribution in [2.24, 2.45) is 0 Å². The molecule has 1 aliphatic rings. The van der Waals surface area contributed by atoms with E-state index in [9.17, 15) is 18.0 Å². The molecular weight excluding hydrogens is 221 g/mol. The van der Waals surface area contributed by atoms with Crippen LogP contribution in [0, 0.1) is 0 Å². The lowest BCUT2D eigenvalue weighted by Gasteiger charge is -2.17. The lowest BCUT2D eigenvalue weighted by Crippen LogP contribution is -2.41. The zero-order chi connectivity index (χ0) is 10.1. The third kappa shape index (κ3) is 3.02. The molecule has 0 aromatic rings. The Morgan fingerprint density at radius 3 is 2.43 bits per heavy atom. The summed E-state index contributed by atoms with van der Waals surface area (Å²) in [5.41, 5.74) is 0. The number of nitrogens with one attached hydrogen (secondary N) is 1. The van der Waals surface area contributed by atoms with Gasteiger partial charge in [0.2, 0.25) is 0 Å². The molecule has 0 bridgehead atoms. The van der Waals surface area contributed by atoms with Crippen molar-refractivity contribution in [1.29, 1.82) is 0 Å².